The summed E-state index contributed by atoms with van der Waals surface area (Å²) in [6.45, 7) is 3.51. The van der Waals surface area contributed by atoms with Crippen LogP contribution in [0, 0.1) is 0 Å². The van der Waals surface area contributed by atoms with Crippen molar-refractivity contribution in [2.75, 3.05) is 7.11 Å². The molecule has 0 spiro atoms. The Morgan fingerprint density at radius 2 is 1.89 bits per heavy atom. The number of ether oxygens (including phenoxy) is 1. The first-order valence-corrected chi connectivity index (χ1v) is 5.55. The highest BCUT2D eigenvalue weighted by molar-refractivity contribution is 6.31. The zero-order valence-corrected chi connectivity index (χ0v) is 10.8. The predicted molar refractivity (Wildman–Crippen MR) is 61.9 cm³/mol. The van der Waals surface area contributed by atoms with Crippen LogP contribution in [0.3, 0.4) is 0 Å². The zero-order valence-electron chi connectivity index (χ0n) is 10.1. The molecule has 0 N–H and O–H groups in total. The largest absolute Gasteiger partial charge is 0.465 e. The standard InChI is InChI=1S/C12H12ClF3O2/c1-6(2)7-5-10(13)9(12(14,15)16)4-8(7)11(17)18-3/h4-6H,1-3H3. The third-order valence-corrected chi connectivity index (χ3v) is 2.78. The van der Waals surface area contributed by atoms with Crippen molar-refractivity contribution in [1.29, 1.82) is 0 Å². The number of carbonyl (C=O) groups is 1. The number of benzene rings is 1. The van der Waals surface area contributed by atoms with E-state index in [0.717, 1.165) is 13.2 Å². The van der Waals surface area contributed by atoms with Crippen LogP contribution in [0.4, 0.5) is 13.2 Å². The number of carbonyl (C=O) groups excluding carboxylic acids is 1. The van der Waals surface area contributed by atoms with Gasteiger partial charge < -0.3 is 4.74 Å². The van der Waals surface area contributed by atoms with E-state index in [1.165, 1.54) is 6.07 Å². The van der Waals surface area contributed by atoms with Crippen LogP contribution in [0.1, 0.15) is 41.3 Å². The molecule has 0 unspecified atom stereocenters. The molecule has 0 aliphatic heterocycles. The molecule has 0 saturated carbocycles. The van der Waals surface area contributed by atoms with E-state index in [9.17, 15) is 18.0 Å². The van der Waals surface area contributed by atoms with E-state index in [2.05, 4.69) is 4.74 Å². The fourth-order valence-electron chi connectivity index (χ4n) is 1.57. The number of methoxy groups -OCH3 is 1. The predicted octanol–water partition coefficient (Wildman–Crippen LogP) is 4.27. The van der Waals surface area contributed by atoms with Gasteiger partial charge in [-0.25, -0.2) is 4.79 Å². The SMILES string of the molecule is COC(=O)c1cc(C(F)(F)F)c(Cl)cc1C(C)C. The van der Waals surface area contributed by atoms with Gasteiger partial charge in [0.15, 0.2) is 0 Å². The fraction of sp³-hybridized carbons (Fsp3) is 0.417. The molecular formula is C12H12ClF3O2. The topological polar surface area (TPSA) is 26.3 Å². The molecule has 2 nitrogen and oxygen atoms in total. The number of hydrogen-bond acceptors (Lipinski definition) is 2. The van der Waals surface area contributed by atoms with E-state index in [1.54, 1.807) is 13.8 Å². The minimum atomic E-state index is -4.60. The smallest absolute Gasteiger partial charge is 0.417 e. The van der Waals surface area contributed by atoms with Gasteiger partial charge in [-0.15, -0.1) is 0 Å². The second-order valence-electron chi connectivity index (χ2n) is 4.06. The van der Waals surface area contributed by atoms with Crippen molar-refractivity contribution in [3.05, 3.63) is 33.8 Å². The number of hydrogen-bond donors (Lipinski definition) is 0. The third kappa shape index (κ3) is 2.96. The molecule has 1 rings (SSSR count). The maximum Gasteiger partial charge on any atom is 0.417 e. The van der Waals surface area contributed by atoms with Gasteiger partial charge in [0.2, 0.25) is 0 Å². The summed E-state index contributed by atoms with van der Waals surface area (Å²) < 4.78 is 42.6. The average Bonchev–Trinajstić information content (AvgIpc) is 2.25. The van der Waals surface area contributed by atoms with Gasteiger partial charge in [-0.1, -0.05) is 25.4 Å². The summed E-state index contributed by atoms with van der Waals surface area (Å²) in [6, 6.07) is 1.91. The average molecular weight is 281 g/mol. The molecule has 0 amide bonds. The minimum Gasteiger partial charge on any atom is -0.465 e. The molecule has 0 aliphatic rings. The van der Waals surface area contributed by atoms with E-state index >= 15 is 0 Å². The fourth-order valence-corrected chi connectivity index (χ4v) is 1.85. The van der Waals surface area contributed by atoms with Crippen LogP contribution in [0.2, 0.25) is 5.02 Å². The van der Waals surface area contributed by atoms with Gasteiger partial charge in [0.1, 0.15) is 0 Å². The summed E-state index contributed by atoms with van der Waals surface area (Å²) in [5.41, 5.74) is -0.710. The number of esters is 1. The van der Waals surface area contributed by atoms with Crippen molar-refractivity contribution >= 4 is 17.6 Å². The van der Waals surface area contributed by atoms with Gasteiger partial charge >= 0.3 is 12.1 Å². The molecule has 1 aromatic carbocycles. The first-order chi connectivity index (χ1) is 8.18. The second kappa shape index (κ2) is 5.18. The molecule has 0 aliphatic carbocycles. The Labute approximate surface area is 108 Å². The van der Waals surface area contributed by atoms with E-state index in [4.69, 9.17) is 11.6 Å². The summed E-state index contributed by atoms with van der Waals surface area (Å²) >= 11 is 5.61. The van der Waals surface area contributed by atoms with Crippen LogP contribution in [-0.4, -0.2) is 13.1 Å². The molecule has 0 aromatic heterocycles. The summed E-state index contributed by atoms with van der Waals surface area (Å²) in [7, 11) is 1.12. The van der Waals surface area contributed by atoms with Crippen LogP contribution >= 0.6 is 11.6 Å². The number of halogens is 4. The normalized spacial score (nSPS) is 11.8. The van der Waals surface area contributed by atoms with E-state index < -0.39 is 22.7 Å². The third-order valence-electron chi connectivity index (χ3n) is 2.47. The summed E-state index contributed by atoms with van der Waals surface area (Å²) in [5.74, 6) is -0.945. The van der Waals surface area contributed by atoms with E-state index in [-0.39, 0.29) is 11.5 Å². The molecule has 0 bridgehead atoms. The molecular weight excluding hydrogens is 269 g/mol. The number of alkyl halides is 3. The summed E-state index contributed by atoms with van der Waals surface area (Å²) in [5, 5.41) is -0.418. The molecule has 0 fully saturated rings. The van der Waals surface area contributed by atoms with Crippen LogP contribution in [0.25, 0.3) is 0 Å². The zero-order chi connectivity index (χ0) is 14.1. The molecule has 1 aromatic rings. The van der Waals surface area contributed by atoms with Gasteiger partial charge in [-0.3, -0.25) is 0 Å². The maximum atomic E-state index is 12.7. The van der Waals surface area contributed by atoms with Crippen LogP contribution in [0.5, 0.6) is 0 Å². The van der Waals surface area contributed by atoms with E-state index in [1.807, 2.05) is 0 Å². The second-order valence-corrected chi connectivity index (χ2v) is 4.47. The van der Waals surface area contributed by atoms with Gasteiger partial charge in [-0.05, 0) is 23.6 Å². The van der Waals surface area contributed by atoms with Crippen molar-refractivity contribution < 1.29 is 22.7 Å². The minimum absolute atomic E-state index is 0.107. The highest BCUT2D eigenvalue weighted by Gasteiger charge is 2.35. The van der Waals surface area contributed by atoms with Gasteiger partial charge in [0.05, 0.1) is 23.3 Å². The quantitative estimate of drug-likeness (QED) is 0.756. The van der Waals surface area contributed by atoms with Crippen LogP contribution in [-0.2, 0) is 10.9 Å². The Balaban J connectivity index is 3.50. The van der Waals surface area contributed by atoms with E-state index in [0.29, 0.717) is 5.56 Å². The lowest BCUT2D eigenvalue weighted by Gasteiger charge is -2.16. The molecule has 0 saturated heterocycles. The summed E-state index contributed by atoms with van der Waals surface area (Å²) in [4.78, 5) is 11.5. The van der Waals surface area contributed by atoms with Crippen molar-refractivity contribution in [2.45, 2.75) is 25.9 Å². The summed E-state index contributed by atoms with van der Waals surface area (Å²) in [6.07, 6.45) is -4.60. The highest BCUT2D eigenvalue weighted by atomic mass is 35.5. The van der Waals surface area contributed by atoms with Crippen molar-refractivity contribution in [1.82, 2.24) is 0 Å². The highest BCUT2D eigenvalue weighted by Crippen LogP contribution is 2.37. The van der Waals surface area contributed by atoms with Gasteiger partial charge in [0.25, 0.3) is 0 Å². The Bertz CT molecular complexity index is 467. The number of rotatable bonds is 2. The lowest BCUT2D eigenvalue weighted by atomic mass is 9.95. The lowest BCUT2D eigenvalue weighted by Crippen LogP contribution is -2.12. The maximum absolute atomic E-state index is 12.7. The molecule has 0 heterocycles. The molecule has 6 heteroatoms. The van der Waals surface area contributed by atoms with Crippen LogP contribution < -0.4 is 0 Å². The van der Waals surface area contributed by atoms with Gasteiger partial charge in [-0.2, -0.15) is 13.2 Å². The first kappa shape index (κ1) is 14.8. The lowest BCUT2D eigenvalue weighted by molar-refractivity contribution is -0.137. The Morgan fingerprint density at radius 1 is 1.33 bits per heavy atom. The monoisotopic (exact) mass is 280 g/mol. The first-order valence-electron chi connectivity index (χ1n) is 5.17. The molecule has 18 heavy (non-hydrogen) atoms. The van der Waals surface area contributed by atoms with Crippen LogP contribution in [0.15, 0.2) is 12.1 Å². The van der Waals surface area contributed by atoms with Crippen molar-refractivity contribution in [2.24, 2.45) is 0 Å². The van der Waals surface area contributed by atoms with Crippen molar-refractivity contribution in [3.8, 4) is 0 Å². The van der Waals surface area contributed by atoms with Gasteiger partial charge in [0, 0.05) is 0 Å². The molecule has 0 radical (unpaired) electrons. The molecule has 0 atom stereocenters. The Kier molecular flexibility index (Phi) is 4.27. The molecule has 100 valence electrons. The Morgan fingerprint density at radius 3 is 2.28 bits per heavy atom. The Hall–Kier alpha value is -1.23. The van der Waals surface area contributed by atoms with Crippen molar-refractivity contribution in [3.63, 3.8) is 0 Å².